The van der Waals surface area contributed by atoms with Crippen LogP contribution in [0.15, 0.2) is 30.9 Å². The summed E-state index contributed by atoms with van der Waals surface area (Å²) >= 11 is 0. The Labute approximate surface area is 191 Å². The fraction of sp³-hybridized carbons (Fsp3) is 0.565. The Morgan fingerprint density at radius 3 is 2.64 bits per heavy atom. The molecule has 0 radical (unpaired) electrons. The summed E-state index contributed by atoms with van der Waals surface area (Å²) in [4.78, 5) is 31.6. The zero-order chi connectivity index (χ0) is 23.6. The zero-order valence-electron chi connectivity index (χ0n) is 18.4. The number of nitrogens with one attached hydrogen (secondary N) is 1. The van der Waals surface area contributed by atoms with Crippen LogP contribution in [0, 0.1) is 5.92 Å². The van der Waals surface area contributed by atoms with E-state index in [1.165, 1.54) is 6.07 Å². The molecule has 3 heterocycles. The first-order valence-corrected chi connectivity index (χ1v) is 11.2. The molecule has 10 heteroatoms. The van der Waals surface area contributed by atoms with Gasteiger partial charge in [-0.3, -0.25) is 14.5 Å². The molecule has 1 aromatic carbocycles. The van der Waals surface area contributed by atoms with Gasteiger partial charge in [-0.2, -0.15) is 13.2 Å². The maximum Gasteiger partial charge on any atom is 0.416 e. The molecular formula is C23H29F3N4O3. The second-order valence-electron chi connectivity index (χ2n) is 8.67. The Morgan fingerprint density at radius 2 is 1.94 bits per heavy atom. The minimum Gasteiger partial charge on any atom is -0.378 e. The van der Waals surface area contributed by atoms with Crippen LogP contribution in [0.25, 0.3) is 0 Å². The lowest BCUT2D eigenvalue weighted by atomic mass is 9.82. The molecule has 0 bridgehead atoms. The van der Waals surface area contributed by atoms with Gasteiger partial charge in [0.1, 0.15) is 0 Å². The molecule has 0 saturated carbocycles. The molecule has 4 rings (SSSR count). The fourth-order valence-electron chi connectivity index (χ4n) is 4.91. The molecule has 2 unspecified atom stereocenters. The predicted octanol–water partition coefficient (Wildman–Crippen LogP) is 1.53. The summed E-state index contributed by atoms with van der Waals surface area (Å²) < 4.78 is 45.2. The molecule has 0 spiro atoms. The van der Waals surface area contributed by atoms with Crippen molar-refractivity contribution >= 4 is 17.5 Å². The molecule has 2 amide bonds. The maximum atomic E-state index is 13.3. The molecule has 3 aliphatic rings. The first kappa shape index (κ1) is 23.6. The molecule has 1 aromatic rings. The average Bonchev–Trinajstić information content (AvgIpc) is 2.81. The molecule has 2 saturated heterocycles. The van der Waals surface area contributed by atoms with Crippen molar-refractivity contribution in [3.8, 4) is 0 Å². The number of hydrogen-bond acceptors (Lipinski definition) is 5. The number of piperazine rings is 1. The van der Waals surface area contributed by atoms with Crippen LogP contribution in [0.1, 0.15) is 11.1 Å². The predicted molar refractivity (Wildman–Crippen MR) is 117 cm³/mol. The van der Waals surface area contributed by atoms with Crippen molar-refractivity contribution in [3.05, 3.63) is 42.0 Å². The van der Waals surface area contributed by atoms with Crippen LogP contribution in [0.4, 0.5) is 18.9 Å². The Kier molecular flexibility index (Phi) is 6.94. The highest BCUT2D eigenvalue weighted by molar-refractivity contribution is 5.82. The summed E-state index contributed by atoms with van der Waals surface area (Å²) in [5.41, 5.74) is 0.553. The number of ether oxygens (including phenoxy) is 1. The first-order chi connectivity index (χ1) is 15.8. The van der Waals surface area contributed by atoms with Gasteiger partial charge in [0, 0.05) is 45.0 Å². The Hall–Kier alpha value is -2.59. The van der Waals surface area contributed by atoms with Crippen molar-refractivity contribution in [3.63, 3.8) is 0 Å². The Balaban J connectivity index is 1.55. The van der Waals surface area contributed by atoms with Crippen molar-refractivity contribution in [2.24, 2.45) is 5.92 Å². The lowest BCUT2D eigenvalue weighted by molar-refractivity contribution is -0.138. The molecular weight excluding hydrogens is 437 g/mol. The van der Waals surface area contributed by atoms with Crippen molar-refractivity contribution in [2.45, 2.75) is 18.6 Å². The number of anilines is 1. The van der Waals surface area contributed by atoms with E-state index in [1.807, 2.05) is 9.80 Å². The summed E-state index contributed by atoms with van der Waals surface area (Å²) in [5, 5.41) is 2.80. The number of halogens is 3. The molecule has 0 aromatic heterocycles. The number of benzene rings is 1. The van der Waals surface area contributed by atoms with E-state index in [9.17, 15) is 22.8 Å². The highest BCUT2D eigenvalue weighted by atomic mass is 19.4. The van der Waals surface area contributed by atoms with Gasteiger partial charge in [-0.1, -0.05) is 6.08 Å². The van der Waals surface area contributed by atoms with Crippen LogP contribution >= 0.6 is 0 Å². The number of morpholine rings is 1. The lowest BCUT2D eigenvalue weighted by Gasteiger charge is -2.49. The summed E-state index contributed by atoms with van der Waals surface area (Å²) in [6.45, 7) is 7.98. The largest absolute Gasteiger partial charge is 0.416 e. The van der Waals surface area contributed by atoms with Crippen molar-refractivity contribution in [2.75, 3.05) is 63.9 Å². The first-order valence-electron chi connectivity index (χ1n) is 11.2. The topological polar surface area (TPSA) is 65.1 Å². The number of carbonyl (C=O) groups excluding carboxylic acids is 2. The van der Waals surface area contributed by atoms with E-state index in [2.05, 4.69) is 11.9 Å². The summed E-state index contributed by atoms with van der Waals surface area (Å²) in [6, 6.07) is 3.54. The fourth-order valence-corrected chi connectivity index (χ4v) is 4.91. The van der Waals surface area contributed by atoms with Crippen LogP contribution in [0.5, 0.6) is 0 Å². The zero-order valence-corrected chi connectivity index (χ0v) is 18.4. The number of amides is 2. The normalized spacial score (nSPS) is 23.5. The van der Waals surface area contributed by atoms with Crippen LogP contribution < -0.4 is 10.2 Å². The molecule has 2 fully saturated rings. The van der Waals surface area contributed by atoms with Gasteiger partial charge in [-0.15, -0.1) is 6.58 Å². The van der Waals surface area contributed by atoms with Gasteiger partial charge in [0.2, 0.25) is 11.8 Å². The van der Waals surface area contributed by atoms with Gasteiger partial charge in [-0.25, -0.2) is 0 Å². The average molecular weight is 467 g/mol. The maximum absolute atomic E-state index is 13.3. The van der Waals surface area contributed by atoms with E-state index in [0.717, 1.165) is 17.8 Å². The van der Waals surface area contributed by atoms with E-state index in [4.69, 9.17) is 4.74 Å². The summed E-state index contributed by atoms with van der Waals surface area (Å²) in [7, 11) is 0. The van der Waals surface area contributed by atoms with Gasteiger partial charge in [0.15, 0.2) is 0 Å². The van der Waals surface area contributed by atoms with E-state index in [0.29, 0.717) is 51.5 Å². The molecule has 2 atom stereocenters. The Bertz CT molecular complexity index is 901. The van der Waals surface area contributed by atoms with E-state index in [1.54, 1.807) is 11.0 Å². The second kappa shape index (κ2) is 9.72. The lowest BCUT2D eigenvalue weighted by Crippen LogP contribution is -2.62. The van der Waals surface area contributed by atoms with Gasteiger partial charge in [0.25, 0.3) is 0 Å². The minimum atomic E-state index is -4.44. The highest BCUT2D eigenvalue weighted by Gasteiger charge is 2.43. The summed E-state index contributed by atoms with van der Waals surface area (Å²) in [5.74, 6) is -0.707. The third-order valence-corrected chi connectivity index (χ3v) is 6.60. The molecule has 180 valence electrons. The number of nitrogens with zero attached hydrogens (tertiary/aromatic N) is 3. The second-order valence-corrected chi connectivity index (χ2v) is 8.67. The smallest absolute Gasteiger partial charge is 0.378 e. The van der Waals surface area contributed by atoms with Gasteiger partial charge in [0.05, 0.1) is 37.3 Å². The quantitative estimate of drug-likeness (QED) is 0.667. The van der Waals surface area contributed by atoms with E-state index < -0.39 is 17.7 Å². The van der Waals surface area contributed by atoms with Crippen LogP contribution in [-0.4, -0.2) is 86.7 Å². The number of rotatable bonds is 5. The molecule has 0 aliphatic carbocycles. The van der Waals surface area contributed by atoms with Gasteiger partial charge in [-0.05, 0) is 30.2 Å². The Morgan fingerprint density at radius 1 is 1.18 bits per heavy atom. The van der Waals surface area contributed by atoms with E-state index >= 15 is 0 Å². The van der Waals surface area contributed by atoms with Crippen LogP contribution in [0.2, 0.25) is 0 Å². The third-order valence-electron chi connectivity index (χ3n) is 6.60. The highest BCUT2D eigenvalue weighted by Crippen LogP contribution is 2.39. The van der Waals surface area contributed by atoms with Crippen LogP contribution in [0.3, 0.4) is 0 Å². The van der Waals surface area contributed by atoms with E-state index in [-0.39, 0.29) is 37.4 Å². The van der Waals surface area contributed by atoms with Gasteiger partial charge >= 0.3 is 6.18 Å². The van der Waals surface area contributed by atoms with Crippen molar-refractivity contribution in [1.82, 2.24) is 15.1 Å². The SMILES string of the molecule is C=CCNC(=O)C1Cc2cc(C(F)(F)F)ccc2N2CCN(CC(=O)N3CCOCC3)CC12. The number of carbonyl (C=O) groups is 2. The monoisotopic (exact) mass is 466 g/mol. The third kappa shape index (κ3) is 5.16. The molecule has 33 heavy (non-hydrogen) atoms. The number of fused-ring (bicyclic) bond motifs is 3. The van der Waals surface area contributed by atoms with Crippen molar-refractivity contribution < 1.29 is 27.5 Å². The molecule has 7 nitrogen and oxygen atoms in total. The van der Waals surface area contributed by atoms with Crippen molar-refractivity contribution in [1.29, 1.82) is 0 Å². The molecule has 3 aliphatic heterocycles. The number of hydrogen-bond donors (Lipinski definition) is 1. The summed E-state index contributed by atoms with van der Waals surface area (Å²) in [6.07, 6.45) is -2.65. The minimum absolute atomic E-state index is 0.0328. The van der Waals surface area contributed by atoms with Crippen LogP contribution in [-0.2, 0) is 26.9 Å². The van der Waals surface area contributed by atoms with Gasteiger partial charge < -0.3 is 19.9 Å². The standard InChI is InChI=1S/C23H29F3N4O3/c1-2-5-27-22(32)18-13-16-12-17(23(24,25)26)3-4-19(16)30-7-6-28(14-20(18)30)15-21(31)29-8-10-33-11-9-29/h2-4,12,18,20H,1,5-11,13-15H2,(H,27,32). The molecule has 1 N–H and O–H groups in total. The number of alkyl halides is 3.